The van der Waals surface area contributed by atoms with Crippen LogP contribution in [0.15, 0.2) is 29.1 Å². The van der Waals surface area contributed by atoms with Crippen LogP contribution in [0.3, 0.4) is 0 Å². The van der Waals surface area contributed by atoms with E-state index in [2.05, 4.69) is 9.97 Å². The summed E-state index contributed by atoms with van der Waals surface area (Å²) in [6.07, 6.45) is 0. The average Bonchev–Trinajstić information content (AvgIpc) is 3.27. The lowest BCUT2D eigenvalue weighted by atomic mass is 9.95. The highest BCUT2D eigenvalue weighted by Gasteiger charge is 2.36. The number of pyridine rings is 1. The van der Waals surface area contributed by atoms with E-state index in [9.17, 15) is 23.2 Å². The molecule has 31 heavy (non-hydrogen) atoms. The number of cyclic esters (lactones) is 1. The molecule has 5 rings (SSSR count). The number of carbonyl (C=O) groups excluding carboxylic acids is 2. The molecule has 0 spiro atoms. The summed E-state index contributed by atoms with van der Waals surface area (Å²) in [4.78, 5) is 44.4. The number of carbonyl (C=O) groups is 2. The van der Waals surface area contributed by atoms with E-state index in [-0.39, 0.29) is 34.3 Å². The number of ether oxygens (including phenoxy) is 1. The summed E-state index contributed by atoms with van der Waals surface area (Å²) in [6, 6.07) is 4.14. The van der Waals surface area contributed by atoms with Gasteiger partial charge in [-0.05, 0) is 29.7 Å². The van der Waals surface area contributed by atoms with Gasteiger partial charge in [0.05, 0.1) is 26.0 Å². The monoisotopic (exact) mass is 463 g/mol. The number of aromatic nitrogens is 2. The van der Waals surface area contributed by atoms with Crippen LogP contribution in [0, 0.1) is 11.6 Å². The molecule has 2 N–H and O–H groups in total. The molecule has 3 aromatic heterocycles. The summed E-state index contributed by atoms with van der Waals surface area (Å²) >= 11 is 7.28. The van der Waals surface area contributed by atoms with Crippen LogP contribution in [-0.4, -0.2) is 40.4 Å². The van der Waals surface area contributed by atoms with Gasteiger partial charge in [0.15, 0.2) is 11.6 Å². The van der Waals surface area contributed by atoms with E-state index < -0.39 is 35.1 Å². The van der Waals surface area contributed by atoms with E-state index in [1.807, 2.05) is 0 Å². The van der Waals surface area contributed by atoms with Crippen LogP contribution in [0.4, 0.5) is 8.78 Å². The minimum absolute atomic E-state index is 0.0400. The number of benzene rings is 1. The van der Waals surface area contributed by atoms with E-state index in [0.717, 1.165) is 16.8 Å². The van der Waals surface area contributed by atoms with Gasteiger partial charge < -0.3 is 19.6 Å². The van der Waals surface area contributed by atoms with Gasteiger partial charge >= 0.3 is 5.97 Å². The number of rotatable bonds is 2. The highest BCUT2D eigenvalue weighted by atomic mass is 35.5. The Morgan fingerprint density at radius 2 is 1.87 bits per heavy atom. The van der Waals surface area contributed by atoms with Crippen LogP contribution in [0.1, 0.15) is 32.6 Å². The minimum atomic E-state index is -1.19. The lowest BCUT2D eigenvalue weighted by molar-refractivity contribution is 0.0281. The molecule has 1 aromatic carbocycles. The third-order valence-corrected chi connectivity index (χ3v) is 6.52. The van der Waals surface area contributed by atoms with Crippen LogP contribution in [0.5, 0.6) is 0 Å². The molecule has 0 radical (unpaired) electrons. The number of nitrogens with zero attached hydrogens (tertiary/aromatic N) is 1. The smallest absolute Gasteiger partial charge is 0.355 e. The third-order valence-electron chi connectivity index (χ3n) is 5.31. The maximum absolute atomic E-state index is 14.0. The van der Waals surface area contributed by atoms with Crippen molar-refractivity contribution in [2.45, 2.75) is 6.04 Å². The zero-order chi connectivity index (χ0) is 22.0. The summed E-state index contributed by atoms with van der Waals surface area (Å²) in [7, 11) is 1.49. The molecule has 4 heterocycles. The number of fused-ring (bicyclic) bond motifs is 4. The largest absolute Gasteiger partial charge is 0.458 e. The Hall–Kier alpha value is -3.24. The summed E-state index contributed by atoms with van der Waals surface area (Å²) in [5, 5.41) is -0.0913. The first-order chi connectivity index (χ1) is 14.7. The second-order valence-electron chi connectivity index (χ2n) is 7.10. The second kappa shape index (κ2) is 6.89. The first-order valence-corrected chi connectivity index (χ1v) is 10.2. The molecule has 1 atom stereocenters. The molecule has 0 saturated heterocycles. The number of esters is 1. The summed E-state index contributed by atoms with van der Waals surface area (Å²) < 4.78 is 34.3. The molecule has 0 fully saturated rings. The number of amides is 1. The molecule has 158 valence electrons. The van der Waals surface area contributed by atoms with Crippen LogP contribution in [0.2, 0.25) is 4.34 Å². The van der Waals surface area contributed by atoms with Gasteiger partial charge in [-0.1, -0.05) is 11.6 Å². The Kier molecular flexibility index (Phi) is 4.38. The lowest BCUT2D eigenvalue weighted by Gasteiger charge is -2.32. The van der Waals surface area contributed by atoms with Crippen molar-refractivity contribution in [3.63, 3.8) is 0 Å². The van der Waals surface area contributed by atoms with Crippen LogP contribution in [-0.2, 0) is 4.74 Å². The number of hydrogen-bond donors (Lipinski definition) is 2. The minimum Gasteiger partial charge on any atom is -0.458 e. The molecule has 1 amide bonds. The first kappa shape index (κ1) is 19.7. The second-order valence-corrected chi connectivity index (χ2v) is 8.81. The Bertz CT molecular complexity index is 1440. The van der Waals surface area contributed by atoms with E-state index in [0.29, 0.717) is 9.85 Å². The van der Waals surface area contributed by atoms with Gasteiger partial charge in [0.1, 0.15) is 18.0 Å². The van der Waals surface area contributed by atoms with Crippen LogP contribution >= 0.6 is 22.9 Å². The number of halogens is 3. The third kappa shape index (κ3) is 3.02. The van der Waals surface area contributed by atoms with Crippen molar-refractivity contribution in [1.29, 1.82) is 0 Å². The van der Waals surface area contributed by atoms with Gasteiger partial charge in [-0.25, -0.2) is 13.6 Å². The quantitative estimate of drug-likeness (QED) is 0.439. The first-order valence-electron chi connectivity index (χ1n) is 9.02. The standard InChI is InChI=1S/C20H12ClF2N3O4S/c1-26(19(28)12-4-14-11(24-12)5-15(21)31-14)13-6-30-20(29)17-16(13)7-2-9(22)10(23)3-8(7)18(27)25-17/h2-5,13,24H,6H2,1H3,(H,25,27). The molecule has 1 aliphatic rings. The van der Waals surface area contributed by atoms with Gasteiger partial charge in [0, 0.05) is 12.6 Å². The molecule has 1 unspecified atom stereocenters. The lowest BCUT2D eigenvalue weighted by Crippen LogP contribution is -2.39. The zero-order valence-corrected chi connectivity index (χ0v) is 17.3. The average molecular weight is 464 g/mol. The predicted octanol–water partition coefficient (Wildman–Crippen LogP) is 3.99. The van der Waals surface area contributed by atoms with Gasteiger partial charge in [-0.3, -0.25) is 9.59 Å². The summed E-state index contributed by atoms with van der Waals surface area (Å²) in [6.45, 7) is -0.213. The van der Waals surface area contributed by atoms with E-state index in [1.165, 1.54) is 23.3 Å². The molecule has 0 aliphatic carbocycles. The van der Waals surface area contributed by atoms with Gasteiger partial charge in [0.25, 0.3) is 11.5 Å². The molecular formula is C20H12ClF2N3O4S. The molecule has 0 saturated carbocycles. The Morgan fingerprint density at radius 3 is 2.58 bits per heavy atom. The SMILES string of the molecule is CN(C(=O)c1cc2sc(Cl)cc2[nH]1)C1COC(=O)c2[nH]c(=O)c3cc(F)c(F)cc3c21. The zero-order valence-electron chi connectivity index (χ0n) is 15.7. The van der Waals surface area contributed by atoms with Gasteiger partial charge in [-0.2, -0.15) is 0 Å². The van der Waals surface area contributed by atoms with Gasteiger partial charge in [-0.15, -0.1) is 11.3 Å². The molecule has 7 nitrogen and oxygen atoms in total. The molecule has 1 aliphatic heterocycles. The topological polar surface area (TPSA) is 95.3 Å². The van der Waals surface area contributed by atoms with Crippen molar-refractivity contribution in [2.24, 2.45) is 0 Å². The summed E-state index contributed by atoms with van der Waals surface area (Å²) in [5.74, 6) is -3.60. The van der Waals surface area contributed by atoms with Gasteiger partial charge in [0.2, 0.25) is 0 Å². The number of H-pyrrole nitrogens is 2. The maximum Gasteiger partial charge on any atom is 0.355 e. The molecule has 4 aromatic rings. The number of thiophene rings is 1. The van der Waals surface area contributed by atoms with Crippen molar-refractivity contribution in [3.05, 3.63) is 67.5 Å². The van der Waals surface area contributed by atoms with E-state index in [1.54, 1.807) is 12.1 Å². The van der Waals surface area contributed by atoms with Crippen LogP contribution < -0.4 is 5.56 Å². The predicted molar refractivity (Wildman–Crippen MR) is 111 cm³/mol. The Balaban J connectivity index is 1.64. The van der Waals surface area contributed by atoms with Crippen molar-refractivity contribution in [2.75, 3.05) is 13.7 Å². The fraction of sp³-hybridized carbons (Fsp3) is 0.150. The van der Waals surface area contributed by atoms with Crippen molar-refractivity contribution < 1.29 is 23.1 Å². The van der Waals surface area contributed by atoms with Crippen molar-refractivity contribution in [3.8, 4) is 0 Å². The van der Waals surface area contributed by atoms with Crippen LogP contribution in [0.25, 0.3) is 21.0 Å². The maximum atomic E-state index is 14.0. The van der Waals surface area contributed by atoms with E-state index in [4.69, 9.17) is 16.3 Å². The number of likely N-dealkylation sites (N-methyl/N-ethyl adjacent to an activating group) is 1. The van der Waals surface area contributed by atoms with E-state index >= 15 is 0 Å². The molecular weight excluding hydrogens is 452 g/mol. The molecule has 11 heteroatoms. The Morgan fingerprint density at radius 1 is 1.16 bits per heavy atom. The Labute approximate surface area is 181 Å². The highest BCUT2D eigenvalue weighted by molar-refractivity contribution is 7.22. The molecule has 0 bridgehead atoms. The normalized spacial score (nSPS) is 15.9. The van der Waals surface area contributed by atoms with Crippen molar-refractivity contribution >= 4 is 55.8 Å². The number of aromatic amines is 2. The fourth-order valence-electron chi connectivity index (χ4n) is 3.80. The fourth-order valence-corrected chi connectivity index (χ4v) is 4.94. The highest BCUT2D eigenvalue weighted by Crippen LogP contribution is 2.35. The van der Waals surface area contributed by atoms with Crippen molar-refractivity contribution in [1.82, 2.24) is 14.9 Å². The summed E-state index contributed by atoms with van der Waals surface area (Å²) in [5.41, 5.74) is 0.218. The number of nitrogens with one attached hydrogen (secondary N) is 2. The number of hydrogen-bond acceptors (Lipinski definition) is 5.